The van der Waals surface area contributed by atoms with E-state index < -0.39 is 0 Å². The number of aryl methyl sites for hydroxylation is 1. The molecule has 2 atom stereocenters. The van der Waals surface area contributed by atoms with E-state index in [2.05, 4.69) is 36.5 Å². The Bertz CT molecular complexity index is 365. The average Bonchev–Trinajstić information content (AvgIpc) is 2.88. The first-order valence-electron chi connectivity index (χ1n) is 6.12. The second kappa shape index (κ2) is 3.34. The Kier molecular flexibility index (Phi) is 2.10. The van der Waals surface area contributed by atoms with Gasteiger partial charge in [0.05, 0.1) is 0 Å². The summed E-state index contributed by atoms with van der Waals surface area (Å²) in [5, 5.41) is 3.68. The largest absolute Gasteiger partial charge is 0.313 e. The van der Waals surface area contributed by atoms with Crippen molar-refractivity contribution in [1.29, 1.82) is 0 Å². The quantitative estimate of drug-likeness (QED) is 0.736. The second-order valence-electron chi connectivity index (χ2n) is 5.22. The van der Waals surface area contributed by atoms with Gasteiger partial charge >= 0.3 is 0 Å². The topological polar surface area (TPSA) is 12.0 Å². The molecule has 3 rings (SSSR count). The van der Waals surface area contributed by atoms with E-state index in [9.17, 15) is 0 Å². The molecule has 1 fully saturated rings. The Morgan fingerprint density at radius 2 is 2.20 bits per heavy atom. The molecule has 0 spiro atoms. The zero-order chi connectivity index (χ0) is 10.3. The number of hydrogen-bond donors (Lipinski definition) is 1. The number of hydrogen-bond acceptors (Lipinski definition) is 1. The van der Waals surface area contributed by atoms with Gasteiger partial charge in [-0.3, -0.25) is 0 Å². The molecule has 80 valence electrons. The van der Waals surface area contributed by atoms with Crippen LogP contribution in [-0.4, -0.2) is 12.6 Å². The van der Waals surface area contributed by atoms with E-state index >= 15 is 0 Å². The monoisotopic (exact) mass is 201 g/mol. The lowest BCUT2D eigenvalue weighted by atomic mass is 9.76. The minimum Gasteiger partial charge on any atom is -0.313 e. The molecule has 0 unspecified atom stereocenters. The van der Waals surface area contributed by atoms with E-state index in [1.54, 1.807) is 11.1 Å². The highest BCUT2D eigenvalue weighted by Gasteiger charge is 2.41. The van der Waals surface area contributed by atoms with Crippen LogP contribution in [0.1, 0.15) is 37.3 Å². The molecule has 1 heteroatoms. The molecule has 0 saturated carbocycles. The van der Waals surface area contributed by atoms with E-state index in [0.717, 1.165) is 0 Å². The van der Waals surface area contributed by atoms with Crippen molar-refractivity contribution in [2.24, 2.45) is 0 Å². The summed E-state index contributed by atoms with van der Waals surface area (Å²) in [7, 11) is 0. The summed E-state index contributed by atoms with van der Waals surface area (Å²) in [6.07, 6.45) is 5.29. The molecule has 0 aromatic heterocycles. The molecule has 1 saturated heterocycles. The Hall–Kier alpha value is -0.820. The molecule has 1 aliphatic heterocycles. The number of benzene rings is 1. The molecule has 1 heterocycles. The van der Waals surface area contributed by atoms with E-state index in [1.807, 2.05) is 0 Å². The van der Waals surface area contributed by atoms with Gasteiger partial charge in [0.1, 0.15) is 0 Å². The molecular formula is C14H19N. The smallest absolute Gasteiger partial charge is 0.0162 e. The summed E-state index contributed by atoms with van der Waals surface area (Å²) >= 11 is 0. The predicted molar refractivity (Wildman–Crippen MR) is 63.1 cm³/mol. The zero-order valence-electron chi connectivity index (χ0n) is 9.42. The fourth-order valence-electron chi connectivity index (χ4n) is 3.41. The molecule has 1 aliphatic carbocycles. The van der Waals surface area contributed by atoms with Crippen LogP contribution in [0.5, 0.6) is 0 Å². The van der Waals surface area contributed by atoms with Gasteiger partial charge < -0.3 is 5.32 Å². The number of fused-ring (bicyclic) bond motifs is 1. The zero-order valence-corrected chi connectivity index (χ0v) is 9.42. The van der Waals surface area contributed by atoms with Crippen LogP contribution in [0, 0.1) is 0 Å². The highest BCUT2D eigenvalue weighted by molar-refractivity contribution is 5.40. The van der Waals surface area contributed by atoms with Crippen molar-refractivity contribution in [3.05, 3.63) is 35.4 Å². The van der Waals surface area contributed by atoms with E-state index in [4.69, 9.17) is 0 Å². The lowest BCUT2D eigenvalue weighted by Crippen LogP contribution is -2.41. The molecule has 0 radical (unpaired) electrons. The normalized spacial score (nSPS) is 34.3. The first-order chi connectivity index (χ1) is 7.31. The standard InChI is InChI=1S/C14H19N/c1-14(13-7-4-10-15-13)9-8-11-5-2-3-6-12(11)14/h2-3,5-6,13,15H,4,7-10H2,1H3/t13-,14+/m0/s1. The first kappa shape index (κ1) is 9.41. The Balaban J connectivity index is 2.00. The fraction of sp³-hybridized carbons (Fsp3) is 0.571. The van der Waals surface area contributed by atoms with Gasteiger partial charge in [-0.1, -0.05) is 31.2 Å². The summed E-state index contributed by atoms with van der Waals surface area (Å²) in [5.41, 5.74) is 3.57. The summed E-state index contributed by atoms with van der Waals surface area (Å²) in [6, 6.07) is 9.71. The van der Waals surface area contributed by atoms with Gasteiger partial charge in [-0.15, -0.1) is 0 Å². The minimum absolute atomic E-state index is 0.396. The average molecular weight is 201 g/mol. The van der Waals surface area contributed by atoms with Gasteiger partial charge in [0.15, 0.2) is 0 Å². The summed E-state index contributed by atoms with van der Waals surface area (Å²) in [6.45, 7) is 3.66. The molecule has 2 aliphatic rings. The van der Waals surface area contributed by atoms with Crippen LogP contribution < -0.4 is 5.32 Å². The lowest BCUT2D eigenvalue weighted by Gasteiger charge is -2.32. The van der Waals surface area contributed by atoms with E-state index in [-0.39, 0.29) is 0 Å². The van der Waals surface area contributed by atoms with Crippen molar-refractivity contribution in [3.63, 3.8) is 0 Å². The van der Waals surface area contributed by atoms with Crippen LogP contribution in [0.25, 0.3) is 0 Å². The number of nitrogens with one attached hydrogen (secondary N) is 1. The third-order valence-corrected chi connectivity index (χ3v) is 4.38. The maximum Gasteiger partial charge on any atom is 0.0162 e. The van der Waals surface area contributed by atoms with Crippen LogP contribution in [0.3, 0.4) is 0 Å². The molecule has 15 heavy (non-hydrogen) atoms. The molecule has 1 aromatic carbocycles. The van der Waals surface area contributed by atoms with Crippen molar-refractivity contribution in [3.8, 4) is 0 Å². The molecule has 1 aromatic rings. The Labute approximate surface area is 91.9 Å². The van der Waals surface area contributed by atoms with Crippen LogP contribution >= 0.6 is 0 Å². The van der Waals surface area contributed by atoms with Gasteiger partial charge in [0.25, 0.3) is 0 Å². The van der Waals surface area contributed by atoms with Gasteiger partial charge in [-0.2, -0.15) is 0 Å². The maximum absolute atomic E-state index is 3.68. The molecular weight excluding hydrogens is 182 g/mol. The van der Waals surface area contributed by atoms with Gasteiger partial charge in [0, 0.05) is 11.5 Å². The third-order valence-electron chi connectivity index (χ3n) is 4.38. The molecule has 0 bridgehead atoms. The van der Waals surface area contributed by atoms with Gasteiger partial charge in [0.2, 0.25) is 0 Å². The summed E-state index contributed by atoms with van der Waals surface area (Å²) in [4.78, 5) is 0. The molecule has 1 nitrogen and oxygen atoms in total. The Morgan fingerprint density at radius 3 is 3.00 bits per heavy atom. The first-order valence-corrected chi connectivity index (χ1v) is 6.12. The third kappa shape index (κ3) is 1.33. The lowest BCUT2D eigenvalue weighted by molar-refractivity contribution is 0.344. The van der Waals surface area contributed by atoms with Crippen LogP contribution in [0.4, 0.5) is 0 Å². The number of rotatable bonds is 1. The summed E-state index contributed by atoms with van der Waals surface area (Å²) < 4.78 is 0. The highest BCUT2D eigenvalue weighted by Crippen LogP contribution is 2.43. The SMILES string of the molecule is C[C@@]1([C@@H]2CCCN2)CCc2ccccc21. The van der Waals surface area contributed by atoms with Crippen LogP contribution in [-0.2, 0) is 11.8 Å². The summed E-state index contributed by atoms with van der Waals surface area (Å²) in [5.74, 6) is 0. The van der Waals surface area contributed by atoms with Crippen LogP contribution in [0.2, 0.25) is 0 Å². The molecule has 0 amide bonds. The maximum atomic E-state index is 3.68. The van der Waals surface area contributed by atoms with E-state index in [0.29, 0.717) is 11.5 Å². The van der Waals surface area contributed by atoms with Crippen molar-refractivity contribution >= 4 is 0 Å². The Morgan fingerprint density at radius 1 is 1.33 bits per heavy atom. The fourth-order valence-corrected chi connectivity index (χ4v) is 3.41. The predicted octanol–water partition coefficient (Wildman–Crippen LogP) is 2.64. The van der Waals surface area contributed by atoms with Crippen molar-refractivity contribution in [1.82, 2.24) is 5.32 Å². The van der Waals surface area contributed by atoms with Crippen LogP contribution in [0.15, 0.2) is 24.3 Å². The van der Waals surface area contributed by atoms with Gasteiger partial charge in [-0.05, 0) is 43.4 Å². The highest BCUT2D eigenvalue weighted by atomic mass is 15.0. The van der Waals surface area contributed by atoms with Crippen molar-refractivity contribution in [2.45, 2.75) is 44.1 Å². The second-order valence-corrected chi connectivity index (χ2v) is 5.22. The van der Waals surface area contributed by atoms with Gasteiger partial charge in [-0.25, -0.2) is 0 Å². The van der Waals surface area contributed by atoms with Crippen molar-refractivity contribution in [2.75, 3.05) is 6.54 Å². The van der Waals surface area contributed by atoms with E-state index in [1.165, 1.54) is 32.2 Å². The van der Waals surface area contributed by atoms with Crippen molar-refractivity contribution < 1.29 is 0 Å². The molecule has 1 N–H and O–H groups in total. The minimum atomic E-state index is 0.396.